The molecule has 0 aliphatic carbocycles. The van der Waals surface area contributed by atoms with Crippen LogP contribution in [-0.2, 0) is 0 Å². The largest absolute Gasteiger partial charge is 0.356 e. The lowest BCUT2D eigenvalue weighted by molar-refractivity contribution is 0.102. The van der Waals surface area contributed by atoms with Crippen LogP contribution < -0.4 is 10.2 Å². The van der Waals surface area contributed by atoms with E-state index in [4.69, 9.17) is 23.2 Å². The lowest BCUT2D eigenvalue weighted by Crippen LogP contribution is -2.31. The zero-order chi connectivity index (χ0) is 17.1. The van der Waals surface area contributed by atoms with Crippen molar-refractivity contribution in [2.75, 3.05) is 23.3 Å². The van der Waals surface area contributed by atoms with Crippen molar-refractivity contribution >= 4 is 40.6 Å². The molecule has 2 heterocycles. The number of halogens is 2. The van der Waals surface area contributed by atoms with E-state index in [9.17, 15) is 4.79 Å². The molecule has 1 aliphatic rings. The Morgan fingerprint density at radius 1 is 1.08 bits per heavy atom. The molecule has 126 valence electrons. The van der Waals surface area contributed by atoms with Crippen molar-refractivity contribution in [3.05, 3.63) is 45.8 Å². The van der Waals surface area contributed by atoms with E-state index in [1.165, 1.54) is 6.42 Å². The highest BCUT2D eigenvalue weighted by atomic mass is 35.5. The summed E-state index contributed by atoms with van der Waals surface area (Å²) in [6, 6.07) is 6.70. The molecular weight excluding hydrogens is 347 g/mol. The van der Waals surface area contributed by atoms with E-state index in [-0.39, 0.29) is 5.91 Å². The van der Waals surface area contributed by atoms with Crippen LogP contribution in [0.1, 0.15) is 35.6 Å². The zero-order valence-corrected chi connectivity index (χ0v) is 14.9. The van der Waals surface area contributed by atoms with Gasteiger partial charge < -0.3 is 10.2 Å². The molecule has 7 heteroatoms. The molecular formula is C17H18Cl2N4O. The van der Waals surface area contributed by atoms with Crippen LogP contribution in [0, 0.1) is 6.92 Å². The van der Waals surface area contributed by atoms with Gasteiger partial charge in [0.1, 0.15) is 17.3 Å². The quantitative estimate of drug-likeness (QED) is 0.879. The summed E-state index contributed by atoms with van der Waals surface area (Å²) in [5, 5.41) is 3.63. The molecule has 24 heavy (non-hydrogen) atoms. The van der Waals surface area contributed by atoms with Crippen LogP contribution in [0.2, 0.25) is 10.0 Å². The highest BCUT2D eigenvalue weighted by Crippen LogP contribution is 2.25. The molecule has 3 rings (SSSR count). The van der Waals surface area contributed by atoms with Crippen molar-refractivity contribution < 1.29 is 4.79 Å². The summed E-state index contributed by atoms with van der Waals surface area (Å²) in [4.78, 5) is 23.4. The van der Waals surface area contributed by atoms with Crippen LogP contribution in [-0.4, -0.2) is 29.0 Å². The van der Waals surface area contributed by atoms with Gasteiger partial charge in [0.15, 0.2) is 0 Å². The molecule has 0 unspecified atom stereocenters. The lowest BCUT2D eigenvalue weighted by atomic mass is 10.1. The number of carbonyl (C=O) groups excluding carboxylic acids is 1. The van der Waals surface area contributed by atoms with Gasteiger partial charge in [-0.25, -0.2) is 9.97 Å². The van der Waals surface area contributed by atoms with E-state index >= 15 is 0 Å². The minimum atomic E-state index is -0.294. The molecule has 1 aromatic heterocycles. The molecule has 0 bridgehead atoms. The van der Waals surface area contributed by atoms with E-state index in [1.807, 2.05) is 0 Å². The van der Waals surface area contributed by atoms with Crippen LogP contribution in [0.4, 0.5) is 11.5 Å². The summed E-state index contributed by atoms with van der Waals surface area (Å²) in [5.41, 5.74) is 0.916. The first-order valence-corrected chi connectivity index (χ1v) is 8.65. The summed E-state index contributed by atoms with van der Waals surface area (Å²) >= 11 is 11.9. The fraction of sp³-hybridized carbons (Fsp3) is 0.353. The first-order valence-electron chi connectivity index (χ1n) is 7.90. The molecule has 1 amide bonds. The van der Waals surface area contributed by atoms with Gasteiger partial charge in [-0.05, 0) is 44.4 Å². The standard InChI is InChI=1S/C17H18Cl2N4O/c1-11-20-15(10-16(21-11)23-7-3-2-4-8-23)17(24)22-12-5-6-13(18)14(19)9-12/h5-6,9-10H,2-4,7-8H2,1H3,(H,22,24). The second kappa shape index (κ2) is 7.36. The van der Waals surface area contributed by atoms with Gasteiger partial charge in [0, 0.05) is 24.8 Å². The summed E-state index contributed by atoms with van der Waals surface area (Å²) in [7, 11) is 0. The van der Waals surface area contributed by atoms with Crippen LogP contribution in [0.5, 0.6) is 0 Å². The lowest BCUT2D eigenvalue weighted by Gasteiger charge is -2.28. The third kappa shape index (κ3) is 3.97. The van der Waals surface area contributed by atoms with Crippen LogP contribution in [0.3, 0.4) is 0 Å². The fourth-order valence-corrected chi connectivity index (χ4v) is 3.02. The topological polar surface area (TPSA) is 58.1 Å². The first-order chi connectivity index (χ1) is 11.5. The van der Waals surface area contributed by atoms with Gasteiger partial charge in [-0.1, -0.05) is 23.2 Å². The molecule has 1 fully saturated rings. The van der Waals surface area contributed by atoms with Gasteiger partial charge in [-0.3, -0.25) is 4.79 Å². The summed E-state index contributed by atoms with van der Waals surface area (Å²) in [6.45, 7) is 3.72. The predicted octanol–water partition coefficient (Wildman–Crippen LogP) is 4.33. The fourth-order valence-electron chi connectivity index (χ4n) is 2.72. The number of nitrogens with zero attached hydrogens (tertiary/aromatic N) is 3. The Bertz CT molecular complexity index is 760. The average Bonchev–Trinajstić information content (AvgIpc) is 2.58. The number of anilines is 2. The third-order valence-electron chi connectivity index (χ3n) is 3.91. The second-order valence-corrected chi connectivity index (χ2v) is 6.60. The van der Waals surface area contributed by atoms with Crippen molar-refractivity contribution in [1.29, 1.82) is 0 Å². The van der Waals surface area contributed by atoms with Crippen molar-refractivity contribution in [2.24, 2.45) is 0 Å². The van der Waals surface area contributed by atoms with Gasteiger partial charge in [-0.2, -0.15) is 0 Å². The molecule has 0 saturated carbocycles. The Morgan fingerprint density at radius 2 is 1.83 bits per heavy atom. The number of rotatable bonds is 3. The van der Waals surface area contributed by atoms with E-state index < -0.39 is 0 Å². The molecule has 0 spiro atoms. The van der Waals surface area contributed by atoms with E-state index in [0.717, 1.165) is 31.7 Å². The van der Waals surface area contributed by atoms with Gasteiger partial charge in [0.2, 0.25) is 0 Å². The SMILES string of the molecule is Cc1nc(C(=O)Nc2ccc(Cl)c(Cl)c2)cc(N2CCCCC2)n1. The van der Waals surface area contributed by atoms with E-state index in [1.54, 1.807) is 31.2 Å². The van der Waals surface area contributed by atoms with Crippen molar-refractivity contribution in [3.8, 4) is 0 Å². The van der Waals surface area contributed by atoms with E-state index in [0.29, 0.717) is 27.3 Å². The number of hydrogen-bond donors (Lipinski definition) is 1. The predicted molar refractivity (Wildman–Crippen MR) is 97.2 cm³/mol. The van der Waals surface area contributed by atoms with Gasteiger partial charge in [-0.15, -0.1) is 0 Å². The van der Waals surface area contributed by atoms with Gasteiger partial charge in [0.25, 0.3) is 5.91 Å². The molecule has 5 nitrogen and oxygen atoms in total. The maximum atomic E-state index is 12.5. The Balaban J connectivity index is 1.81. The minimum Gasteiger partial charge on any atom is -0.356 e. The maximum absolute atomic E-state index is 12.5. The number of carbonyl (C=O) groups is 1. The number of hydrogen-bond acceptors (Lipinski definition) is 4. The maximum Gasteiger partial charge on any atom is 0.274 e. The third-order valence-corrected chi connectivity index (χ3v) is 4.65. The monoisotopic (exact) mass is 364 g/mol. The smallest absolute Gasteiger partial charge is 0.274 e. The molecule has 2 aromatic rings. The highest BCUT2D eigenvalue weighted by Gasteiger charge is 2.17. The molecule has 0 atom stereocenters. The summed E-state index contributed by atoms with van der Waals surface area (Å²) < 4.78 is 0. The van der Waals surface area contributed by atoms with Crippen molar-refractivity contribution in [1.82, 2.24) is 9.97 Å². The van der Waals surface area contributed by atoms with Crippen LogP contribution in [0.15, 0.2) is 24.3 Å². The number of aryl methyl sites for hydroxylation is 1. The first kappa shape index (κ1) is 17.0. The number of piperidine rings is 1. The molecule has 1 saturated heterocycles. The number of benzene rings is 1. The molecule has 1 N–H and O–H groups in total. The Labute approximate surface area is 151 Å². The number of amides is 1. The van der Waals surface area contributed by atoms with Gasteiger partial charge >= 0.3 is 0 Å². The Kier molecular flexibility index (Phi) is 5.21. The number of nitrogens with one attached hydrogen (secondary N) is 1. The second-order valence-electron chi connectivity index (χ2n) is 5.79. The van der Waals surface area contributed by atoms with Crippen molar-refractivity contribution in [2.45, 2.75) is 26.2 Å². The molecule has 0 radical (unpaired) electrons. The average molecular weight is 365 g/mol. The van der Waals surface area contributed by atoms with Gasteiger partial charge in [0.05, 0.1) is 10.0 Å². The highest BCUT2D eigenvalue weighted by molar-refractivity contribution is 6.42. The minimum absolute atomic E-state index is 0.294. The summed E-state index contributed by atoms with van der Waals surface area (Å²) in [6.07, 6.45) is 3.53. The Hall–Kier alpha value is -1.85. The van der Waals surface area contributed by atoms with Crippen molar-refractivity contribution in [3.63, 3.8) is 0 Å². The zero-order valence-electron chi connectivity index (χ0n) is 13.4. The van der Waals surface area contributed by atoms with Crippen LogP contribution in [0.25, 0.3) is 0 Å². The van der Waals surface area contributed by atoms with E-state index in [2.05, 4.69) is 20.2 Å². The normalized spacial score (nSPS) is 14.5. The molecule has 1 aromatic carbocycles. The number of aromatic nitrogens is 2. The summed E-state index contributed by atoms with van der Waals surface area (Å²) in [5.74, 6) is 1.09. The Morgan fingerprint density at radius 3 is 2.54 bits per heavy atom. The van der Waals surface area contributed by atoms with Crippen LogP contribution >= 0.6 is 23.2 Å². The molecule has 1 aliphatic heterocycles.